The second-order valence-electron chi connectivity index (χ2n) is 5.60. The number of hydrogen-bond acceptors (Lipinski definition) is 4. The van der Waals surface area contributed by atoms with Gasteiger partial charge in [0.1, 0.15) is 0 Å². The molecule has 2 amide bonds. The van der Waals surface area contributed by atoms with Gasteiger partial charge in [-0.3, -0.25) is 14.5 Å². The van der Waals surface area contributed by atoms with Gasteiger partial charge in [-0.2, -0.15) is 0 Å². The van der Waals surface area contributed by atoms with E-state index >= 15 is 0 Å². The molecule has 2 heterocycles. The number of likely N-dealkylation sites (tertiary alicyclic amines) is 1. The van der Waals surface area contributed by atoms with Crippen LogP contribution < -0.4 is 5.32 Å². The Balaban J connectivity index is 1.73. The van der Waals surface area contributed by atoms with Gasteiger partial charge in [0.25, 0.3) is 0 Å². The van der Waals surface area contributed by atoms with Gasteiger partial charge in [-0.1, -0.05) is 13.0 Å². The molecule has 22 heavy (non-hydrogen) atoms. The van der Waals surface area contributed by atoms with Crippen molar-refractivity contribution in [3.8, 4) is 0 Å². The molecule has 1 aliphatic heterocycles. The summed E-state index contributed by atoms with van der Waals surface area (Å²) in [5, 5.41) is 4.90. The van der Waals surface area contributed by atoms with Crippen molar-refractivity contribution >= 4 is 23.2 Å². The van der Waals surface area contributed by atoms with Crippen LogP contribution in [0.1, 0.15) is 31.1 Å². The van der Waals surface area contributed by atoms with E-state index in [4.69, 9.17) is 0 Å². The van der Waals surface area contributed by atoms with E-state index in [0.29, 0.717) is 19.6 Å². The summed E-state index contributed by atoms with van der Waals surface area (Å²) in [6.45, 7) is 5.59. The van der Waals surface area contributed by atoms with Gasteiger partial charge >= 0.3 is 0 Å². The lowest BCUT2D eigenvalue weighted by molar-refractivity contribution is -0.134. The fourth-order valence-electron chi connectivity index (χ4n) is 2.57. The third-order valence-electron chi connectivity index (χ3n) is 3.92. The lowest BCUT2D eigenvalue weighted by Gasteiger charge is -2.29. The molecule has 2 rings (SSSR count). The Morgan fingerprint density at radius 3 is 2.68 bits per heavy atom. The van der Waals surface area contributed by atoms with Crippen molar-refractivity contribution in [3.05, 3.63) is 22.4 Å². The van der Waals surface area contributed by atoms with E-state index in [9.17, 15) is 9.59 Å². The van der Waals surface area contributed by atoms with E-state index in [0.717, 1.165) is 30.8 Å². The fourth-order valence-corrected chi connectivity index (χ4v) is 3.22. The predicted octanol–water partition coefficient (Wildman–Crippen LogP) is 1.70. The molecule has 5 nitrogen and oxygen atoms in total. The number of rotatable bonds is 7. The van der Waals surface area contributed by atoms with Crippen LogP contribution in [0.2, 0.25) is 0 Å². The van der Waals surface area contributed by atoms with Crippen LogP contribution in [0.25, 0.3) is 0 Å². The molecule has 0 saturated carbocycles. The molecule has 0 aromatic carbocycles. The smallest absolute Gasteiger partial charge is 0.236 e. The minimum atomic E-state index is -0.0262. The molecule has 0 atom stereocenters. The van der Waals surface area contributed by atoms with E-state index in [-0.39, 0.29) is 18.4 Å². The first kappa shape index (κ1) is 17.0. The van der Waals surface area contributed by atoms with Gasteiger partial charge in [-0.15, -0.1) is 11.3 Å². The molecular weight excluding hydrogens is 298 g/mol. The number of nitrogens with one attached hydrogen (secondary N) is 1. The lowest BCUT2D eigenvalue weighted by Crippen LogP contribution is -2.45. The Morgan fingerprint density at radius 1 is 1.27 bits per heavy atom. The first-order chi connectivity index (χ1) is 10.7. The number of carbonyl (C=O) groups excluding carboxylic acids is 2. The van der Waals surface area contributed by atoms with Crippen molar-refractivity contribution < 1.29 is 9.59 Å². The highest BCUT2D eigenvalue weighted by molar-refractivity contribution is 7.09. The zero-order chi connectivity index (χ0) is 15.8. The normalized spacial score (nSPS) is 15.1. The topological polar surface area (TPSA) is 52.7 Å². The number of hydrogen-bond donors (Lipinski definition) is 1. The third-order valence-corrected chi connectivity index (χ3v) is 4.80. The Hall–Kier alpha value is -1.40. The standard InChI is InChI=1S/C16H25N3O2S/c1-2-18(13-16(21)19-8-4-3-5-9-19)12-15(20)17-11-14-7-6-10-22-14/h6-7,10H,2-5,8-9,11-13H2,1H3,(H,17,20). The van der Waals surface area contributed by atoms with Crippen LogP contribution in [0.4, 0.5) is 0 Å². The number of piperidine rings is 1. The molecule has 0 radical (unpaired) electrons. The Labute approximate surface area is 136 Å². The van der Waals surface area contributed by atoms with Crippen LogP contribution in [0.5, 0.6) is 0 Å². The van der Waals surface area contributed by atoms with Gasteiger partial charge in [0, 0.05) is 18.0 Å². The summed E-state index contributed by atoms with van der Waals surface area (Å²) in [5.41, 5.74) is 0. The summed E-state index contributed by atoms with van der Waals surface area (Å²) in [4.78, 5) is 29.2. The van der Waals surface area contributed by atoms with Gasteiger partial charge in [-0.25, -0.2) is 0 Å². The first-order valence-corrected chi connectivity index (χ1v) is 8.86. The van der Waals surface area contributed by atoms with Gasteiger partial charge in [-0.05, 0) is 37.3 Å². The summed E-state index contributed by atoms with van der Waals surface area (Å²) in [7, 11) is 0. The summed E-state index contributed by atoms with van der Waals surface area (Å²) in [6, 6.07) is 3.98. The summed E-state index contributed by atoms with van der Waals surface area (Å²) < 4.78 is 0. The van der Waals surface area contributed by atoms with Crippen molar-refractivity contribution in [3.63, 3.8) is 0 Å². The van der Waals surface area contributed by atoms with Gasteiger partial charge in [0.2, 0.25) is 11.8 Å². The minimum Gasteiger partial charge on any atom is -0.350 e. The number of carbonyl (C=O) groups is 2. The second kappa shape index (κ2) is 8.90. The lowest BCUT2D eigenvalue weighted by atomic mass is 10.1. The van der Waals surface area contributed by atoms with E-state index in [2.05, 4.69) is 5.32 Å². The van der Waals surface area contributed by atoms with Crippen molar-refractivity contribution in [2.45, 2.75) is 32.7 Å². The monoisotopic (exact) mass is 323 g/mol. The van der Waals surface area contributed by atoms with E-state index < -0.39 is 0 Å². The molecule has 1 aromatic heterocycles. The molecule has 1 fully saturated rings. The molecule has 1 aliphatic rings. The quantitative estimate of drug-likeness (QED) is 0.831. The van der Waals surface area contributed by atoms with Gasteiger partial charge in [0.15, 0.2) is 0 Å². The van der Waals surface area contributed by atoms with Crippen LogP contribution >= 0.6 is 11.3 Å². The maximum absolute atomic E-state index is 12.2. The van der Waals surface area contributed by atoms with Crippen LogP contribution in [0, 0.1) is 0 Å². The highest BCUT2D eigenvalue weighted by Gasteiger charge is 2.19. The van der Waals surface area contributed by atoms with Crippen LogP contribution in [-0.2, 0) is 16.1 Å². The Kier molecular flexibility index (Phi) is 6.86. The molecule has 0 spiro atoms. The van der Waals surface area contributed by atoms with Crippen molar-refractivity contribution in [1.29, 1.82) is 0 Å². The maximum Gasteiger partial charge on any atom is 0.236 e. The molecule has 1 aromatic rings. The SMILES string of the molecule is CCN(CC(=O)NCc1cccs1)CC(=O)N1CCCCC1. The number of nitrogens with zero attached hydrogens (tertiary/aromatic N) is 2. The van der Waals surface area contributed by atoms with E-state index in [1.165, 1.54) is 6.42 Å². The van der Waals surface area contributed by atoms with E-state index in [1.54, 1.807) is 11.3 Å². The van der Waals surface area contributed by atoms with Crippen molar-refractivity contribution in [2.24, 2.45) is 0 Å². The van der Waals surface area contributed by atoms with Crippen molar-refractivity contribution in [2.75, 3.05) is 32.7 Å². The molecule has 1 saturated heterocycles. The van der Waals surface area contributed by atoms with Crippen molar-refractivity contribution in [1.82, 2.24) is 15.1 Å². The Morgan fingerprint density at radius 2 is 2.05 bits per heavy atom. The summed E-state index contributed by atoms with van der Waals surface area (Å²) in [6.07, 6.45) is 3.41. The largest absolute Gasteiger partial charge is 0.350 e. The third kappa shape index (κ3) is 5.42. The molecule has 6 heteroatoms. The maximum atomic E-state index is 12.2. The van der Waals surface area contributed by atoms with Crippen LogP contribution in [-0.4, -0.2) is 54.3 Å². The second-order valence-corrected chi connectivity index (χ2v) is 6.63. The van der Waals surface area contributed by atoms with Gasteiger partial charge in [0.05, 0.1) is 19.6 Å². The number of thiophene rings is 1. The molecule has 1 N–H and O–H groups in total. The molecule has 0 unspecified atom stereocenters. The zero-order valence-corrected chi connectivity index (χ0v) is 14.0. The van der Waals surface area contributed by atoms with E-state index in [1.807, 2.05) is 34.2 Å². The minimum absolute atomic E-state index is 0.0262. The summed E-state index contributed by atoms with van der Waals surface area (Å²) in [5.74, 6) is 0.120. The predicted molar refractivity (Wildman–Crippen MR) is 88.7 cm³/mol. The number of likely N-dealkylation sites (N-methyl/N-ethyl adjacent to an activating group) is 1. The average Bonchev–Trinajstić information content (AvgIpc) is 3.06. The summed E-state index contributed by atoms with van der Waals surface area (Å²) >= 11 is 1.63. The molecule has 0 bridgehead atoms. The fraction of sp³-hybridized carbons (Fsp3) is 0.625. The van der Waals surface area contributed by atoms with Gasteiger partial charge < -0.3 is 10.2 Å². The first-order valence-electron chi connectivity index (χ1n) is 7.98. The highest BCUT2D eigenvalue weighted by atomic mass is 32.1. The zero-order valence-electron chi connectivity index (χ0n) is 13.2. The average molecular weight is 323 g/mol. The highest BCUT2D eigenvalue weighted by Crippen LogP contribution is 2.09. The van der Waals surface area contributed by atoms with Crippen LogP contribution in [0.15, 0.2) is 17.5 Å². The molecule has 0 aliphatic carbocycles. The number of amides is 2. The molecule has 122 valence electrons. The Bertz CT molecular complexity index is 470. The molecular formula is C16H25N3O2S. The van der Waals surface area contributed by atoms with Crippen LogP contribution in [0.3, 0.4) is 0 Å².